The van der Waals surface area contributed by atoms with Gasteiger partial charge in [-0.25, -0.2) is 4.79 Å². The number of hydrogen-bond acceptors (Lipinski definition) is 6. The number of amides is 1. The fourth-order valence-electron chi connectivity index (χ4n) is 4.32. The van der Waals surface area contributed by atoms with Crippen molar-refractivity contribution in [1.29, 1.82) is 0 Å². The lowest BCUT2D eigenvalue weighted by molar-refractivity contribution is 0.0124. The van der Waals surface area contributed by atoms with Crippen molar-refractivity contribution in [3.8, 4) is 16.9 Å². The Hall–Kier alpha value is -3.55. The highest BCUT2D eigenvalue weighted by atomic mass is 16.5. The van der Waals surface area contributed by atoms with E-state index in [9.17, 15) is 15.0 Å². The highest BCUT2D eigenvalue weighted by Crippen LogP contribution is 2.44. The van der Waals surface area contributed by atoms with E-state index < -0.39 is 18.3 Å². The highest BCUT2D eigenvalue weighted by molar-refractivity contribution is 5.79. The van der Waals surface area contributed by atoms with Crippen LogP contribution in [-0.4, -0.2) is 42.7 Å². The van der Waals surface area contributed by atoms with Crippen molar-refractivity contribution < 1.29 is 24.5 Å². The Morgan fingerprint density at radius 3 is 2.30 bits per heavy atom. The zero-order chi connectivity index (χ0) is 23.4. The lowest BCUT2D eigenvalue weighted by Gasteiger charge is -2.21. The van der Waals surface area contributed by atoms with Crippen LogP contribution in [0.1, 0.15) is 35.1 Å². The Morgan fingerprint density at radius 1 is 1.03 bits per heavy atom. The number of benzene rings is 3. The number of anilines is 1. The SMILES string of the molecule is COc1ccc(N)cc1C(O)C(O)CCNC(=O)OCC1c2ccccc2-c2ccccc21. The maximum atomic E-state index is 12.3. The van der Waals surface area contributed by atoms with Gasteiger partial charge in [-0.15, -0.1) is 0 Å². The largest absolute Gasteiger partial charge is 0.496 e. The third-order valence-corrected chi connectivity index (χ3v) is 5.99. The van der Waals surface area contributed by atoms with E-state index in [1.54, 1.807) is 18.2 Å². The molecule has 5 N–H and O–H groups in total. The van der Waals surface area contributed by atoms with E-state index in [4.69, 9.17) is 15.2 Å². The number of nitrogen functional groups attached to an aromatic ring is 1. The quantitative estimate of drug-likeness (QED) is 0.392. The van der Waals surface area contributed by atoms with Gasteiger partial charge in [-0.05, 0) is 46.9 Å². The summed E-state index contributed by atoms with van der Waals surface area (Å²) in [6.07, 6.45) is -2.76. The van der Waals surface area contributed by atoms with E-state index >= 15 is 0 Å². The van der Waals surface area contributed by atoms with Crippen LogP contribution in [-0.2, 0) is 4.74 Å². The molecular weight excluding hydrogens is 420 g/mol. The molecule has 0 fully saturated rings. The van der Waals surface area contributed by atoms with Crippen LogP contribution in [0.25, 0.3) is 11.1 Å². The molecule has 7 nitrogen and oxygen atoms in total. The third kappa shape index (κ3) is 4.79. The molecule has 1 aliphatic rings. The van der Waals surface area contributed by atoms with Crippen LogP contribution in [0.3, 0.4) is 0 Å². The summed E-state index contributed by atoms with van der Waals surface area (Å²) in [5.41, 5.74) is 11.2. The van der Waals surface area contributed by atoms with Crippen molar-refractivity contribution in [3.05, 3.63) is 83.4 Å². The van der Waals surface area contributed by atoms with Gasteiger partial charge in [-0.3, -0.25) is 0 Å². The second-order valence-electron chi connectivity index (χ2n) is 8.05. The number of carbonyl (C=O) groups is 1. The van der Waals surface area contributed by atoms with Crippen molar-refractivity contribution in [1.82, 2.24) is 5.32 Å². The van der Waals surface area contributed by atoms with Crippen molar-refractivity contribution in [2.24, 2.45) is 0 Å². The lowest BCUT2D eigenvalue weighted by Crippen LogP contribution is -2.30. The van der Waals surface area contributed by atoms with Crippen LogP contribution < -0.4 is 15.8 Å². The molecule has 0 heterocycles. The van der Waals surface area contributed by atoms with Gasteiger partial charge in [0.2, 0.25) is 0 Å². The fourth-order valence-corrected chi connectivity index (χ4v) is 4.32. The number of nitrogens with two attached hydrogens (primary N) is 1. The van der Waals surface area contributed by atoms with E-state index in [0.29, 0.717) is 17.0 Å². The lowest BCUT2D eigenvalue weighted by atomic mass is 9.98. The fraction of sp³-hybridized carbons (Fsp3) is 0.269. The predicted molar refractivity (Wildman–Crippen MR) is 126 cm³/mol. The summed E-state index contributed by atoms with van der Waals surface area (Å²) in [4.78, 5) is 12.3. The van der Waals surface area contributed by atoms with E-state index in [0.717, 1.165) is 22.3 Å². The second-order valence-corrected chi connectivity index (χ2v) is 8.05. The van der Waals surface area contributed by atoms with Crippen LogP contribution in [0, 0.1) is 0 Å². The number of nitrogens with one attached hydrogen (secondary N) is 1. The summed E-state index contributed by atoms with van der Waals surface area (Å²) in [6, 6.07) is 21.1. The Bertz CT molecular complexity index is 1090. The molecule has 0 aromatic heterocycles. The maximum absolute atomic E-state index is 12.3. The molecular formula is C26H28N2O5. The molecule has 1 aliphatic carbocycles. The molecule has 3 aromatic rings. The average Bonchev–Trinajstić information content (AvgIpc) is 3.16. The molecule has 0 bridgehead atoms. The van der Waals surface area contributed by atoms with Gasteiger partial charge < -0.3 is 30.7 Å². The van der Waals surface area contributed by atoms with Crippen LogP contribution in [0.4, 0.5) is 10.5 Å². The summed E-state index contributed by atoms with van der Waals surface area (Å²) >= 11 is 0. The van der Waals surface area contributed by atoms with Crippen molar-refractivity contribution in [3.63, 3.8) is 0 Å². The van der Waals surface area contributed by atoms with Gasteiger partial charge in [-0.2, -0.15) is 0 Å². The van der Waals surface area contributed by atoms with E-state index in [-0.39, 0.29) is 25.5 Å². The van der Waals surface area contributed by atoms with E-state index in [2.05, 4.69) is 29.6 Å². The summed E-state index contributed by atoms with van der Waals surface area (Å²) in [6.45, 7) is 0.352. The van der Waals surface area contributed by atoms with Crippen LogP contribution in [0.5, 0.6) is 5.75 Å². The molecule has 33 heavy (non-hydrogen) atoms. The van der Waals surface area contributed by atoms with Crippen LogP contribution in [0.15, 0.2) is 66.7 Å². The molecule has 1 amide bonds. The molecule has 0 saturated heterocycles. The van der Waals surface area contributed by atoms with Crippen molar-refractivity contribution in [2.45, 2.75) is 24.5 Å². The van der Waals surface area contributed by atoms with E-state index in [1.807, 2.05) is 24.3 Å². The molecule has 0 radical (unpaired) electrons. The molecule has 3 aromatic carbocycles. The predicted octanol–water partition coefficient (Wildman–Crippen LogP) is 3.60. The van der Waals surface area contributed by atoms with Gasteiger partial charge in [0.15, 0.2) is 0 Å². The van der Waals surface area contributed by atoms with Gasteiger partial charge in [0.05, 0.1) is 13.2 Å². The number of aliphatic hydroxyl groups is 2. The number of rotatable bonds is 8. The smallest absolute Gasteiger partial charge is 0.407 e. The number of hydrogen-bond donors (Lipinski definition) is 4. The topological polar surface area (TPSA) is 114 Å². The number of fused-ring (bicyclic) bond motifs is 3. The first-order valence-electron chi connectivity index (χ1n) is 10.9. The number of ether oxygens (including phenoxy) is 2. The Morgan fingerprint density at radius 2 is 1.67 bits per heavy atom. The highest BCUT2D eigenvalue weighted by Gasteiger charge is 2.29. The zero-order valence-electron chi connectivity index (χ0n) is 18.4. The van der Waals surface area contributed by atoms with Crippen LogP contribution >= 0.6 is 0 Å². The first-order chi connectivity index (χ1) is 16.0. The summed E-state index contributed by atoms with van der Waals surface area (Å²) in [5.74, 6) is 0.409. The standard InChI is InChI=1S/C26H28N2O5/c1-32-24-11-10-16(27)14-21(24)25(30)23(29)12-13-28-26(31)33-15-22-19-8-4-2-6-17(19)18-7-3-5-9-20(18)22/h2-11,14,22-23,25,29-30H,12-13,15,27H2,1H3,(H,28,31). The monoisotopic (exact) mass is 448 g/mol. The van der Waals surface area contributed by atoms with Crippen LogP contribution in [0.2, 0.25) is 0 Å². The minimum Gasteiger partial charge on any atom is -0.496 e. The molecule has 7 heteroatoms. The van der Waals surface area contributed by atoms with Crippen molar-refractivity contribution >= 4 is 11.8 Å². The first kappa shape index (κ1) is 22.6. The number of aliphatic hydroxyl groups excluding tert-OH is 2. The summed E-state index contributed by atoms with van der Waals surface area (Å²) in [7, 11) is 1.48. The summed E-state index contributed by atoms with van der Waals surface area (Å²) < 4.78 is 10.7. The molecule has 0 saturated carbocycles. The molecule has 4 rings (SSSR count). The third-order valence-electron chi connectivity index (χ3n) is 5.99. The molecule has 2 atom stereocenters. The Kier molecular flexibility index (Phi) is 6.82. The average molecular weight is 449 g/mol. The van der Waals surface area contributed by atoms with Gasteiger partial charge in [-0.1, -0.05) is 48.5 Å². The molecule has 0 aliphatic heterocycles. The summed E-state index contributed by atoms with van der Waals surface area (Å²) in [5, 5.41) is 23.5. The second kappa shape index (κ2) is 9.94. The van der Waals surface area contributed by atoms with Gasteiger partial charge in [0.1, 0.15) is 18.5 Å². The minimum absolute atomic E-state index is 0.0217. The number of alkyl carbamates (subject to hydrolysis) is 1. The maximum Gasteiger partial charge on any atom is 0.407 e. The molecule has 172 valence electrons. The zero-order valence-corrected chi connectivity index (χ0v) is 18.4. The van der Waals surface area contributed by atoms with E-state index in [1.165, 1.54) is 7.11 Å². The van der Waals surface area contributed by atoms with Gasteiger partial charge in [0, 0.05) is 23.7 Å². The van der Waals surface area contributed by atoms with Gasteiger partial charge in [0.25, 0.3) is 0 Å². The Labute approximate surface area is 192 Å². The normalized spacial score (nSPS) is 14.2. The Balaban J connectivity index is 1.30. The van der Waals surface area contributed by atoms with Crippen molar-refractivity contribution in [2.75, 3.05) is 26.0 Å². The minimum atomic E-state index is -1.20. The number of methoxy groups -OCH3 is 1. The molecule has 2 unspecified atom stereocenters. The number of carbonyl (C=O) groups excluding carboxylic acids is 1. The molecule has 0 spiro atoms. The first-order valence-corrected chi connectivity index (χ1v) is 10.9. The van der Waals surface area contributed by atoms with Gasteiger partial charge >= 0.3 is 6.09 Å².